The molecule has 0 spiro atoms. The summed E-state index contributed by atoms with van der Waals surface area (Å²) < 4.78 is 12.5. The Bertz CT molecular complexity index is 269. The lowest BCUT2D eigenvalue weighted by atomic mass is 10.1. The van der Waals surface area contributed by atoms with E-state index in [2.05, 4.69) is 5.32 Å². The van der Waals surface area contributed by atoms with Crippen LogP contribution in [0.25, 0.3) is 0 Å². The molecule has 0 radical (unpaired) electrons. The van der Waals surface area contributed by atoms with Crippen molar-refractivity contribution in [3.8, 4) is 0 Å². The van der Waals surface area contributed by atoms with Crippen molar-refractivity contribution in [2.24, 2.45) is 5.92 Å². The standard InChI is InChI=1S/C10H12FNS/c11-9-1-3-10(4-2-9)13-7-8-5-12-6-8/h1-4,8,12H,5-7H2. The molecule has 1 aromatic rings. The second kappa shape index (κ2) is 4.11. The Hall–Kier alpha value is -0.540. The zero-order valence-corrected chi connectivity index (χ0v) is 8.11. The number of rotatable bonds is 3. The van der Waals surface area contributed by atoms with E-state index in [1.807, 2.05) is 12.1 Å². The number of benzene rings is 1. The van der Waals surface area contributed by atoms with E-state index in [1.165, 1.54) is 12.1 Å². The van der Waals surface area contributed by atoms with Crippen molar-refractivity contribution in [3.63, 3.8) is 0 Å². The molecule has 1 N–H and O–H groups in total. The van der Waals surface area contributed by atoms with Crippen LogP contribution >= 0.6 is 11.8 Å². The molecule has 1 heterocycles. The summed E-state index contributed by atoms with van der Waals surface area (Å²) in [5.41, 5.74) is 0. The minimum absolute atomic E-state index is 0.158. The van der Waals surface area contributed by atoms with Gasteiger partial charge < -0.3 is 5.32 Å². The first-order valence-corrected chi connectivity index (χ1v) is 5.42. The van der Waals surface area contributed by atoms with Crippen LogP contribution in [0.1, 0.15) is 0 Å². The van der Waals surface area contributed by atoms with Crippen LogP contribution in [0, 0.1) is 11.7 Å². The van der Waals surface area contributed by atoms with Crippen molar-refractivity contribution in [3.05, 3.63) is 30.1 Å². The summed E-state index contributed by atoms with van der Waals surface area (Å²) in [7, 11) is 0. The fourth-order valence-corrected chi connectivity index (χ4v) is 2.20. The molecule has 0 bridgehead atoms. The van der Waals surface area contributed by atoms with E-state index in [-0.39, 0.29) is 5.82 Å². The number of hydrogen-bond acceptors (Lipinski definition) is 2. The highest BCUT2D eigenvalue weighted by Crippen LogP contribution is 2.22. The first-order valence-electron chi connectivity index (χ1n) is 4.44. The van der Waals surface area contributed by atoms with Crippen LogP contribution in [0.3, 0.4) is 0 Å². The topological polar surface area (TPSA) is 12.0 Å². The maximum absolute atomic E-state index is 12.5. The summed E-state index contributed by atoms with van der Waals surface area (Å²) in [6.07, 6.45) is 0. The first kappa shape index (κ1) is 9.03. The van der Waals surface area contributed by atoms with Crippen LogP contribution in [-0.4, -0.2) is 18.8 Å². The van der Waals surface area contributed by atoms with Crippen molar-refractivity contribution < 1.29 is 4.39 Å². The smallest absolute Gasteiger partial charge is 0.123 e. The van der Waals surface area contributed by atoms with Crippen LogP contribution in [0.15, 0.2) is 29.2 Å². The Kier molecular flexibility index (Phi) is 2.86. The van der Waals surface area contributed by atoms with Gasteiger partial charge in [-0.3, -0.25) is 0 Å². The molecule has 13 heavy (non-hydrogen) atoms. The summed E-state index contributed by atoms with van der Waals surface area (Å²) in [6.45, 7) is 2.27. The maximum atomic E-state index is 12.5. The maximum Gasteiger partial charge on any atom is 0.123 e. The largest absolute Gasteiger partial charge is 0.316 e. The number of hydrogen-bond donors (Lipinski definition) is 1. The Labute approximate surface area is 81.7 Å². The molecule has 1 aliphatic heterocycles. The molecule has 0 atom stereocenters. The highest BCUT2D eigenvalue weighted by molar-refractivity contribution is 7.99. The fourth-order valence-electron chi connectivity index (χ4n) is 1.21. The normalized spacial score (nSPS) is 17.0. The predicted molar refractivity (Wildman–Crippen MR) is 53.5 cm³/mol. The molecule has 70 valence electrons. The van der Waals surface area contributed by atoms with Crippen molar-refractivity contribution in [2.75, 3.05) is 18.8 Å². The van der Waals surface area contributed by atoms with Crippen molar-refractivity contribution in [1.29, 1.82) is 0 Å². The lowest BCUT2D eigenvalue weighted by Crippen LogP contribution is -2.43. The molecule has 1 aromatic carbocycles. The number of nitrogens with one attached hydrogen (secondary N) is 1. The van der Waals surface area contributed by atoms with E-state index in [1.54, 1.807) is 11.8 Å². The molecular formula is C10H12FNS. The predicted octanol–water partition coefficient (Wildman–Crippen LogP) is 2.14. The highest BCUT2D eigenvalue weighted by atomic mass is 32.2. The summed E-state index contributed by atoms with van der Waals surface area (Å²) in [5.74, 6) is 1.78. The third-order valence-corrected chi connectivity index (χ3v) is 3.41. The highest BCUT2D eigenvalue weighted by Gasteiger charge is 2.16. The molecule has 2 rings (SSSR count). The Morgan fingerprint density at radius 3 is 2.54 bits per heavy atom. The third kappa shape index (κ3) is 2.45. The molecular weight excluding hydrogens is 185 g/mol. The van der Waals surface area contributed by atoms with Gasteiger partial charge in [-0.05, 0) is 43.3 Å². The van der Waals surface area contributed by atoms with Gasteiger partial charge >= 0.3 is 0 Å². The van der Waals surface area contributed by atoms with E-state index in [0.717, 1.165) is 29.7 Å². The molecule has 1 nitrogen and oxygen atoms in total. The molecule has 0 amide bonds. The van der Waals surface area contributed by atoms with Gasteiger partial charge in [0.05, 0.1) is 0 Å². The van der Waals surface area contributed by atoms with Gasteiger partial charge in [-0.25, -0.2) is 4.39 Å². The Morgan fingerprint density at radius 2 is 2.00 bits per heavy atom. The van der Waals surface area contributed by atoms with Gasteiger partial charge in [0.1, 0.15) is 5.82 Å². The van der Waals surface area contributed by atoms with Crippen LogP contribution in [0.4, 0.5) is 4.39 Å². The van der Waals surface area contributed by atoms with E-state index >= 15 is 0 Å². The van der Waals surface area contributed by atoms with Crippen LogP contribution in [0.5, 0.6) is 0 Å². The van der Waals surface area contributed by atoms with Crippen molar-refractivity contribution >= 4 is 11.8 Å². The van der Waals surface area contributed by atoms with Crippen molar-refractivity contribution in [1.82, 2.24) is 5.32 Å². The third-order valence-electron chi connectivity index (χ3n) is 2.17. The van der Waals surface area contributed by atoms with E-state index in [0.29, 0.717) is 0 Å². The lowest BCUT2D eigenvalue weighted by molar-refractivity contribution is 0.385. The van der Waals surface area contributed by atoms with Crippen LogP contribution in [0.2, 0.25) is 0 Å². The van der Waals surface area contributed by atoms with E-state index in [9.17, 15) is 4.39 Å². The molecule has 1 fully saturated rings. The van der Waals surface area contributed by atoms with Crippen molar-refractivity contribution in [2.45, 2.75) is 4.90 Å². The molecule has 0 aliphatic carbocycles. The first-order chi connectivity index (χ1) is 6.34. The Morgan fingerprint density at radius 1 is 1.31 bits per heavy atom. The SMILES string of the molecule is Fc1ccc(SCC2CNC2)cc1. The summed E-state index contributed by atoms with van der Waals surface area (Å²) in [6, 6.07) is 6.71. The average Bonchev–Trinajstić information content (AvgIpc) is 2.05. The molecule has 1 saturated heterocycles. The summed E-state index contributed by atoms with van der Waals surface area (Å²) in [4.78, 5) is 1.16. The van der Waals surface area contributed by atoms with Gasteiger partial charge in [0.2, 0.25) is 0 Å². The van der Waals surface area contributed by atoms with Crippen LogP contribution in [-0.2, 0) is 0 Å². The van der Waals surface area contributed by atoms with Gasteiger partial charge in [-0.2, -0.15) is 0 Å². The number of thioether (sulfide) groups is 1. The molecule has 1 aliphatic rings. The van der Waals surface area contributed by atoms with Gasteiger partial charge in [0, 0.05) is 10.6 Å². The zero-order valence-electron chi connectivity index (χ0n) is 7.29. The fraction of sp³-hybridized carbons (Fsp3) is 0.400. The quantitative estimate of drug-likeness (QED) is 0.745. The second-order valence-corrected chi connectivity index (χ2v) is 4.38. The summed E-state index contributed by atoms with van der Waals surface area (Å²) >= 11 is 1.81. The Balaban J connectivity index is 1.83. The average molecular weight is 197 g/mol. The van der Waals surface area contributed by atoms with E-state index in [4.69, 9.17) is 0 Å². The monoisotopic (exact) mass is 197 g/mol. The minimum Gasteiger partial charge on any atom is -0.316 e. The van der Waals surface area contributed by atoms with Gasteiger partial charge in [0.15, 0.2) is 0 Å². The van der Waals surface area contributed by atoms with Gasteiger partial charge in [-0.1, -0.05) is 0 Å². The number of halogens is 1. The molecule has 3 heteroatoms. The zero-order chi connectivity index (χ0) is 9.10. The molecule has 0 saturated carbocycles. The van der Waals surface area contributed by atoms with E-state index < -0.39 is 0 Å². The molecule has 0 aromatic heterocycles. The second-order valence-electron chi connectivity index (χ2n) is 3.29. The summed E-state index contributed by atoms with van der Waals surface area (Å²) in [5, 5.41) is 3.23. The van der Waals surface area contributed by atoms with Gasteiger partial charge in [-0.15, -0.1) is 11.8 Å². The van der Waals surface area contributed by atoms with Gasteiger partial charge in [0.25, 0.3) is 0 Å². The molecule has 0 unspecified atom stereocenters. The minimum atomic E-state index is -0.158. The van der Waals surface area contributed by atoms with Crippen LogP contribution < -0.4 is 5.32 Å². The lowest BCUT2D eigenvalue weighted by Gasteiger charge is -2.26.